The van der Waals surface area contributed by atoms with Gasteiger partial charge in [-0.1, -0.05) is 53.9 Å². The number of amides is 1. The van der Waals surface area contributed by atoms with E-state index in [1.54, 1.807) is 23.5 Å². The van der Waals surface area contributed by atoms with Crippen LogP contribution in [0.25, 0.3) is 0 Å². The Kier molecular flexibility index (Phi) is 6.34. The Balaban J connectivity index is 1.62. The van der Waals surface area contributed by atoms with E-state index in [1.807, 2.05) is 62.6 Å². The smallest absolute Gasteiger partial charge is 0.255 e. The molecule has 0 atom stereocenters. The van der Waals surface area contributed by atoms with E-state index in [4.69, 9.17) is 0 Å². The number of nitrogens with one attached hydrogen (secondary N) is 1. The molecule has 26 heavy (non-hydrogen) atoms. The van der Waals surface area contributed by atoms with Crippen LogP contribution in [0, 0.1) is 13.8 Å². The standard InChI is InChI=1S/C19H19N3OS3/c1-12-5-4-6-13(2)16(12)20-17(23)15-9-7-14(8-10-15)11-25-19-21-18(24-3)22-26-19/h4-10H,11H2,1-3H3,(H,20,23). The fraction of sp³-hybridized carbons (Fsp3) is 0.211. The van der Waals surface area contributed by atoms with Gasteiger partial charge in [-0.15, -0.1) is 0 Å². The molecule has 0 unspecified atom stereocenters. The largest absolute Gasteiger partial charge is 0.322 e. The van der Waals surface area contributed by atoms with E-state index >= 15 is 0 Å². The monoisotopic (exact) mass is 401 g/mol. The van der Waals surface area contributed by atoms with Crippen molar-refractivity contribution in [2.75, 3.05) is 11.6 Å². The molecule has 1 N–H and O–H groups in total. The highest BCUT2D eigenvalue weighted by Gasteiger charge is 2.10. The van der Waals surface area contributed by atoms with E-state index in [0.717, 1.165) is 37.6 Å². The molecule has 0 saturated heterocycles. The first-order chi connectivity index (χ1) is 12.6. The molecule has 0 fully saturated rings. The lowest BCUT2D eigenvalue weighted by molar-refractivity contribution is 0.102. The van der Waals surface area contributed by atoms with E-state index in [-0.39, 0.29) is 5.91 Å². The molecule has 0 bridgehead atoms. The van der Waals surface area contributed by atoms with Gasteiger partial charge in [0.25, 0.3) is 5.91 Å². The highest BCUT2D eigenvalue weighted by atomic mass is 32.2. The van der Waals surface area contributed by atoms with Gasteiger partial charge < -0.3 is 5.32 Å². The average molecular weight is 402 g/mol. The molecule has 0 radical (unpaired) electrons. The van der Waals surface area contributed by atoms with Crippen molar-refractivity contribution in [3.63, 3.8) is 0 Å². The summed E-state index contributed by atoms with van der Waals surface area (Å²) in [6.07, 6.45) is 1.97. The number of anilines is 1. The number of rotatable bonds is 6. The third-order valence-corrected chi connectivity index (χ3v) is 6.44. The van der Waals surface area contributed by atoms with Crippen molar-refractivity contribution in [3.8, 4) is 0 Å². The minimum absolute atomic E-state index is 0.0876. The molecule has 4 nitrogen and oxygen atoms in total. The number of nitrogens with zero attached hydrogens (tertiary/aromatic N) is 2. The van der Waals surface area contributed by atoms with Crippen molar-refractivity contribution in [1.29, 1.82) is 0 Å². The van der Waals surface area contributed by atoms with E-state index < -0.39 is 0 Å². The molecule has 1 amide bonds. The van der Waals surface area contributed by atoms with Gasteiger partial charge in [0.15, 0.2) is 4.34 Å². The van der Waals surface area contributed by atoms with Crippen LogP contribution in [0.5, 0.6) is 0 Å². The number of hydrogen-bond donors (Lipinski definition) is 1. The van der Waals surface area contributed by atoms with Crippen molar-refractivity contribution in [1.82, 2.24) is 9.36 Å². The minimum Gasteiger partial charge on any atom is -0.322 e. The summed E-state index contributed by atoms with van der Waals surface area (Å²) in [5.41, 5.74) is 4.82. The summed E-state index contributed by atoms with van der Waals surface area (Å²) in [7, 11) is 0. The van der Waals surface area contributed by atoms with Crippen LogP contribution in [0.1, 0.15) is 27.0 Å². The Morgan fingerprint density at radius 3 is 2.42 bits per heavy atom. The average Bonchev–Trinajstić information content (AvgIpc) is 3.11. The number of carbonyl (C=O) groups is 1. The van der Waals surface area contributed by atoms with Gasteiger partial charge in [0.05, 0.1) is 0 Å². The Bertz CT molecular complexity index is 886. The van der Waals surface area contributed by atoms with E-state index in [9.17, 15) is 4.79 Å². The first-order valence-electron chi connectivity index (χ1n) is 8.04. The van der Waals surface area contributed by atoms with Crippen molar-refractivity contribution >= 4 is 46.7 Å². The first-order valence-corrected chi connectivity index (χ1v) is 11.0. The van der Waals surface area contributed by atoms with E-state index in [2.05, 4.69) is 14.7 Å². The number of carbonyl (C=O) groups excluding carboxylic acids is 1. The van der Waals surface area contributed by atoms with Crippen LogP contribution in [0.2, 0.25) is 0 Å². The van der Waals surface area contributed by atoms with Crippen molar-refractivity contribution in [2.24, 2.45) is 0 Å². The second-order valence-electron chi connectivity index (χ2n) is 5.75. The minimum atomic E-state index is -0.0876. The SMILES string of the molecule is CSc1nsc(SCc2ccc(C(=O)Nc3c(C)cccc3C)cc2)n1. The summed E-state index contributed by atoms with van der Waals surface area (Å²) in [5, 5.41) is 3.83. The molecule has 0 aliphatic carbocycles. The zero-order chi connectivity index (χ0) is 18.5. The summed E-state index contributed by atoms with van der Waals surface area (Å²) >= 11 is 4.63. The summed E-state index contributed by atoms with van der Waals surface area (Å²) in [4.78, 5) is 16.9. The fourth-order valence-electron chi connectivity index (χ4n) is 2.43. The topological polar surface area (TPSA) is 54.9 Å². The molecule has 1 aromatic heterocycles. The molecular formula is C19H19N3OS3. The first kappa shape index (κ1) is 18.9. The lowest BCUT2D eigenvalue weighted by atomic mass is 10.1. The van der Waals surface area contributed by atoms with Gasteiger partial charge >= 0.3 is 0 Å². The third-order valence-electron chi connectivity index (χ3n) is 3.87. The van der Waals surface area contributed by atoms with Gasteiger partial charge in [-0.05, 0) is 60.5 Å². The maximum Gasteiger partial charge on any atom is 0.255 e. The molecule has 134 valence electrons. The van der Waals surface area contributed by atoms with Crippen LogP contribution >= 0.6 is 35.1 Å². The van der Waals surface area contributed by atoms with E-state index in [1.165, 1.54) is 11.5 Å². The van der Waals surface area contributed by atoms with Crippen LogP contribution in [-0.4, -0.2) is 21.5 Å². The van der Waals surface area contributed by atoms with E-state index in [0.29, 0.717) is 5.56 Å². The van der Waals surface area contributed by atoms with Gasteiger partial charge in [-0.2, -0.15) is 4.37 Å². The molecule has 3 rings (SSSR count). The Labute approximate surface area is 166 Å². The second-order valence-corrected chi connectivity index (χ2v) is 8.50. The Morgan fingerprint density at radius 2 is 1.81 bits per heavy atom. The molecular weight excluding hydrogens is 382 g/mol. The van der Waals surface area contributed by atoms with Gasteiger partial charge in [-0.25, -0.2) is 4.98 Å². The number of aryl methyl sites for hydroxylation is 2. The Hall–Kier alpha value is -1.83. The summed E-state index contributed by atoms with van der Waals surface area (Å²) in [5.74, 6) is 0.720. The van der Waals surface area contributed by atoms with Crippen LogP contribution in [0.4, 0.5) is 5.69 Å². The van der Waals surface area contributed by atoms with Crippen LogP contribution in [-0.2, 0) is 5.75 Å². The van der Waals surface area contributed by atoms with Crippen LogP contribution < -0.4 is 5.32 Å². The molecule has 0 aliphatic rings. The highest BCUT2D eigenvalue weighted by Crippen LogP contribution is 2.27. The predicted molar refractivity (Wildman–Crippen MR) is 112 cm³/mol. The lowest BCUT2D eigenvalue weighted by Gasteiger charge is -2.11. The number of hydrogen-bond acceptors (Lipinski definition) is 6. The summed E-state index contributed by atoms with van der Waals surface area (Å²) in [6.45, 7) is 4.00. The quantitative estimate of drug-likeness (QED) is 0.559. The lowest BCUT2D eigenvalue weighted by Crippen LogP contribution is -2.13. The Morgan fingerprint density at radius 1 is 1.12 bits per heavy atom. The zero-order valence-corrected chi connectivity index (χ0v) is 17.2. The van der Waals surface area contributed by atoms with Crippen molar-refractivity contribution in [2.45, 2.75) is 29.1 Å². The van der Waals surface area contributed by atoms with Crippen molar-refractivity contribution in [3.05, 3.63) is 64.7 Å². The number of aromatic nitrogens is 2. The molecule has 7 heteroatoms. The van der Waals surface area contributed by atoms with Gasteiger partial charge in [0.1, 0.15) is 0 Å². The second kappa shape index (κ2) is 8.70. The summed E-state index contributed by atoms with van der Waals surface area (Å²) in [6, 6.07) is 13.7. The van der Waals surface area contributed by atoms with Gasteiger partial charge in [-0.3, -0.25) is 4.79 Å². The fourth-order valence-corrected chi connectivity index (χ4v) is 4.60. The molecule has 3 aromatic rings. The normalized spacial score (nSPS) is 10.7. The maximum absolute atomic E-state index is 12.5. The molecule has 2 aromatic carbocycles. The van der Waals surface area contributed by atoms with Crippen molar-refractivity contribution < 1.29 is 4.79 Å². The third kappa shape index (κ3) is 4.66. The number of benzene rings is 2. The number of para-hydroxylation sites is 1. The van der Waals surface area contributed by atoms with Gasteiger partial charge in [0, 0.05) is 17.0 Å². The zero-order valence-electron chi connectivity index (χ0n) is 14.8. The maximum atomic E-state index is 12.5. The molecule has 1 heterocycles. The molecule has 0 spiro atoms. The number of thioether (sulfide) groups is 2. The molecule has 0 saturated carbocycles. The summed E-state index contributed by atoms with van der Waals surface area (Å²) < 4.78 is 5.22. The van der Waals surface area contributed by atoms with Gasteiger partial charge in [0.2, 0.25) is 5.16 Å². The van der Waals surface area contributed by atoms with Crippen LogP contribution in [0.15, 0.2) is 52.0 Å². The predicted octanol–water partition coefficient (Wildman–Crippen LogP) is 5.42. The molecule has 0 aliphatic heterocycles. The highest BCUT2D eigenvalue weighted by molar-refractivity contribution is 8.00. The van der Waals surface area contributed by atoms with Crippen LogP contribution in [0.3, 0.4) is 0 Å².